The fourth-order valence-corrected chi connectivity index (χ4v) is 7.79. The van der Waals surface area contributed by atoms with E-state index in [-0.39, 0.29) is 42.7 Å². The summed E-state index contributed by atoms with van der Waals surface area (Å²) in [5.74, 6) is 0.0573. The van der Waals surface area contributed by atoms with Crippen molar-refractivity contribution in [2.45, 2.75) is 83.7 Å². The van der Waals surface area contributed by atoms with E-state index in [4.69, 9.17) is 64.0 Å². The summed E-state index contributed by atoms with van der Waals surface area (Å²) in [6.07, 6.45) is -0.210. The Morgan fingerprint density at radius 1 is 1.30 bits per heavy atom. The average molecular weight is 702 g/mol. The molecule has 0 radical (unpaired) electrons. The predicted molar refractivity (Wildman–Crippen MR) is 171 cm³/mol. The number of alkyl halides is 2. The maximum Gasteiger partial charge on any atom is 0.323 e. The molecule has 3 heterocycles. The molecule has 0 bridgehead atoms. The van der Waals surface area contributed by atoms with Gasteiger partial charge >= 0.3 is 5.97 Å². The lowest BCUT2D eigenvalue weighted by Crippen LogP contribution is -2.36. The zero-order chi connectivity index (χ0) is 32.2. The molecule has 3 N–H and O–H groups in total. The number of rotatable bonds is 14. The molecule has 4 unspecified atom stereocenters. The highest BCUT2D eigenvalue weighted by molar-refractivity contribution is 8.13. The summed E-state index contributed by atoms with van der Waals surface area (Å²) in [6.45, 7) is 9.56. The molecule has 0 amide bonds. The third kappa shape index (κ3) is 9.85. The quantitative estimate of drug-likeness (QED) is 0.120. The second-order valence-electron chi connectivity index (χ2n) is 11.1. The number of nitrogens with zero attached hydrogens (tertiary/aromatic N) is 4. The number of nitrogen functional groups attached to an aromatic ring is 1. The molecule has 1 fully saturated rings. The van der Waals surface area contributed by atoms with Gasteiger partial charge in [-0.05, 0) is 39.5 Å². The smallest absolute Gasteiger partial charge is 0.323 e. The molecular weight excluding hydrogens is 662 g/mol. The summed E-state index contributed by atoms with van der Waals surface area (Å²) in [6, 6.07) is -0.823. The molecule has 1 aliphatic rings. The number of thioether (sulfide) groups is 1. The minimum absolute atomic E-state index is 0.0123. The Morgan fingerprint density at radius 2 is 2.00 bits per heavy atom. The zero-order valence-electron chi connectivity index (χ0n) is 25.2. The van der Waals surface area contributed by atoms with Crippen LogP contribution in [-0.4, -0.2) is 78.8 Å². The summed E-state index contributed by atoms with van der Waals surface area (Å²) in [5.41, 5.74) is 6.11. The fraction of sp³-hybridized carbons (Fsp3) is 0.720. The van der Waals surface area contributed by atoms with Gasteiger partial charge in [-0.3, -0.25) is 14.2 Å². The molecule has 4 atom stereocenters. The standard InChI is InChI=1S/C25H39Cl2N6O7PS2/c1-8-36-19-17-18(30-23(28)31-19)33(13-29-17)21-25(26,27)11-16(40-21)12-38-41(42,32-15(4)20(34)39-14(2)3)37-9-10-43-22(35)24(5,6)7/h13-16,21H,8-12H2,1-7H3,(H,32,42)(H2,28,30,31). The number of anilines is 1. The second-order valence-corrected chi connectivity index (χ2v) is 16.9. The molecule has 18 heteroatoms. The van der Waals surface area contributed by atoms with Crippen LogP contribution in [0.3, 0.4) is 0 Å². The van der Waals surface area contributed by atoms with Crippen molar-refractivity contribution in [2.75, 3.05) is 31.3 Å². The van der Waals surface area contributed by atoms with Crippen LogP contribution in [0.15, 0.2) is 6.33 Å². The first kappa shape index (κ1) is 36.2. The Kier molecular flexibility index (Phi) is 12.5. The Balaban J connectivity index is 1.74. The average Bonchev–Trinajstić information content (AvgIpc) is 3.43. The number of ether oxygens (including phenoxy) is 3. The van der Waals surface area contributed by atoms with Crippen molar-refractivity contribution in [3.05, 3.63) is 6.33 Å². The molecule has 13 nitrogen and oxygen atoms in total. The Hall–Kier alpha value is -1.29. The number of imidazole rings is 1. The third-order valence-electron chi connectivity index (χ3n) is 5.80. The Labute approximate surface area is 270 Å². The molecule has 0 spiro atoms. The topological polar surface area (TPSA) is 162 Å². The first-order chi connectivity index (χ1) is 20.0. The second kappa shape index (κ2) is 14.9. The van der Waals surface area contributed by atoms with Crippen molar-refractivity contribution >= 4 is 81.6 Å². The summed E-state index contributed by atoms with van der Waals surface area (Å²) in [5, 5.41) is 3.00. The van der Waals surface area contributed by atoms with Gasteiger partial charge in [0.2, 0.25) is 11.8 Å². The molecule has 1 saturated heterocycles. The van der Waals surface area contributed by atoms with Gasteiger partial charge < -0.3 is 29.0 Å². The monoisotopic (exact) mass is 700 g/mol. The van der Waals surface area contributed by atoms with Gasteiger partial charge in [0.25, 0.3) is 6.64 Å². The highest BCUT2D eigenvalue weighted by Gasteiger charge is 2.48. The van der Waals surface area contributed by atoms with Gasteiger partial charge in [0.1, 0.15) is 6.04 Å². The maximum atomic E-state index is 12.5. The lowest BCUT2D eigenvalue weighted by molar-refractivity contribution is -0.149. The Morgan fingerprint density at radius 3 is 2.63 bits per heavy atom. The number of nitrogens with two attached hydrogens (primary N) is 1. The highest BCUT2D eigenvalue weighted by atomic mass is 35.5. The molecule has 2 aromatic heterocycles. The van der Waals surface area contributed by atoms with Crippen molar-refractivity contribution in [1.29, 1.82) is 0 Å². The van der Waals surface area contributed by atoms with E-state index in [1.165, 1.54) is 6.33 Å². The summed E-state index contributed by atoms with van der Waals surface area (Å²) >= 11 is 20.3. The van der Waals surface area contributed by atoms with E-state index in [0.29, 0.717) is 23.5 Å². The lowest BCUT2D eigenvalue weighted by atomic mass is 10.00. The van der Waals surface area contributed by atoms with E-state index in [1.54, 1.807) is 25.3 Å². The normalized spacial score (nSPS) is 20.7. The molecular formula is C25H39Cl2N6O7PS2. The van der Waals surface area contributed by atoms with Gasteiger partial charge in [-0.15, -0.1) is 0 Å². The molecule has 1 aliphatic heterocycles. The predicted octanol–water partition coefficient (Wildman–Crippen LogP) is 4.76. The fourth-order valence-electron chi connectivity index (χ4n) is 3.84. The van der Waals surface area contributed by atoms with E-state index in [2.05, 4.69) is 20.0 Å². The van der Waals surface area contributed by atoms with Gasteiger partial charge in [0.15, 0.2) is 26.8 Å². The van der Waals surface area contributed by atoms with E-state index in [1.807, 2.05) is 27.7 Å². The van der Waals surface area contributed by atoms with Gasteiger partial charge in [0, 0.05) is 17.6 Å². The van der Waals surface area contributed by atoms with Crippen LogP contribution in [0.4, 0.5) is 5.95 Å². The number of halogens is 2. The van der Waals surface area contributed by atoms with Crippen LogP contribution in [0.25, 0.3) is 11.2 Å². The SMILES string of the molecule is CCOc1nc(N)nc2c1ncn2C1OC(COP(=S)(NC(C)C(=O)OC(C)C)OCCSC(=O)C(C)(C)C)CC1(Cl)Cl. The van der Waals surface area contributed by atoms with Crippen LogP contribution >= 0.6 is 41.6 Å². The molecule has 242 valence electrons. The van der Waals surface area contributed by atoms with Crippen LogP contribution in [0.2, 0.25) is 0 Å². The molecule has 3 rings (SSSR count). The Bertz CT molecular complexity index is 1340. The van der Waals surface area contributed by atoms with Crippen molar-refractivity contribution in [3.8, 4) is 5.88 Å². The number of esters is 1. The molecule has 0 aliphatic carbocycles. The number of aromatic nitrogens is 4. The minimum atomic E-state index is -3.29. The number of carbonyl (C=O) groups excluding carboxylic acids is 2. The number of carbonyl (C=O) groups is 2. The maximum absolute atomic E-state index is 12.5. The molecule has 43 heavy (non-hydrogen) atoms. The van der Waals surface area contributed by atoms with Gasteiger partial charge in [-0.25, -0.2) is 10.1 Å². The van der Waals surface area contributed by atoms with E-state index in [0.717, 1.165) is 11.8 Å². The van der Waals surface area contributed by atoms with Crippen molar-refractivity contribution < 1.29 is 32.8 Å². The number of hydrogen-bond donors (Lipinski definition) is 2. The summed E-state index contributed by atoms with van der Waals surface area (Å²) in [4.78, 5) is 37.6. The zero-order valence-corrected chi connectivity index (χ0v) is 29.2. The number of fused-ring (bicyclic) bond motifs is 1. The molecule has 2 aromatic rings. The van der Waals surface area contributed by atoms with Crippen molar-refractivity contribution in [3.63, 3.8) is 0 Å². The van der Waals surface area contributed by atoms with E-state index < -0.39 is 40.7 Å². The van der Waals surface area contributed by atoms with Crippen molar-refractivity contribution in [1.82, 2.24) is 24.6 Å². The minimum Gasteiger partial charge on any atom is -0.476 e. The lowest BCUT2D eigenvalue weighted by Gasteiger charge is -2.27. The first-order valence-corrected chi connectivity index (χ1v) is 18.0. The van der Waals surface area contributed by atoms with Gasteiger partial charge in [-0.1, -0.05) is 55.7 Å². The number of hydrogen-bond acceptors (Lipinski definition) is 13. The third-order valence-corrected chi connectivity index (χ3v) is 10.4. The highest BCUT2D eigenvalue weighted by Crippen LogP contribution is 2.50. The number of nitrogens with one attached hydrogen (secondary N) is 1. The van der Waals surface area contributed by atoms with E-state index >= 15 is 0 Å². The van der Waals surface area contributed by atoms with Gasteiger partial charge in [0.05, 0.1) is 38.4 Å². The van der Waals surface area contributed by atoms with Crippen LogP contribution < -0.4 is 15.6 Å². The van der Waals surface area contributed by atoms with Gasteiger partial charge in [-0.2, -0.15) is 9.97 Å². The molecule has 0 saturated carbocycles. The van der Waals surface area contributed by atoms with Crippen LogP contribution in [0, 0.1) is 5.41 Å². The van der Waals surface area contributed by atoms with E-state index in [9.17, 15) is 9.59 Å². The largest absolute Gasteiger partial charge is 0.476 e. The van der Waals surface area contributed by atoms with Crippen molar-refractivity contribution in [2.24, 2.45) is 5.41 Å². The summed E-state index contributed by atoms with van der Waals surface area (Å²) in [7, 11) is 0. The van der Waals surface area contributed by atoms with Crippen LogP contribution in [0.5, 0.6) is 5.88 Å². The van der Waals surface area contributed by atoms with Crippen LogP contribution in [-0.2, 0) is 39.9 Å². The summed E-state index contributed by atoms with van der Waals surface area (Å²) < 4.78 is 29.3. The molecule has 0 aromatic carbocycles. The first-order valence-electron chi connectivity index (χ1n) is 13.7. The van der Waals surface area contributed by atoms with Crippen LogP contribution in [0.1, 0.15) is 61.1 Å².